The minimum absolute atomic E-state index is 0.222. The first kappa shape index (κ1) is 29.2. The van der Waals surface area contributed by atoms with Gasteiger partial charge >= 0.3 is 0 Å². The molecule has 40 heavy (non-hydrogen) atoms. The molecule has 2 fully saturated rings. The largest absolute Gasteiger partial charge is 0.493 e. The van der Waals surface area contributed by atoms with E-state index in [0.717, 1.165) is 75.1 Å². The quantitative estimate of drug-likeness (QED) is 0.377. The van der Waals surface area contributed by atoms with Crippen LogP contribution in [-0.2, 0) is 24.3 Å². The normalized spacial score (nSPS) is 22.5. The van der Waals surface area contributed by atoms with Gasteiger partial charge in [0.25, 0.3) is 0 Å². The second-order valence-electron chi connectivity index (χ2n) is 12.0. The lowest BCUT2D eigenvalue weighted by molar-refractivity contribution is -0.121. The Bertz CT molecular complexity index is 1120. The van der Waals surface area contributed by atoms with Crippen LogP contribution in [0.2, 0.25) is 5.02 Å². The zero-order valence-corrected chi connectivity index (χ0v) is 25.1. The highest BCUT2D eigenvalue weighted by molar-refractivity contribution is 6.30. The van der Waals surface area contributed by atoms with Gasteiger partial charge in [-0.05, 0) is 91.4 Å². The Labute approximate surface area is 245 Å². The molecule has 1 amide bonds. The number of hydrogen-bond acceptors (Lipinski definition) is 5. The van der Waals surface area contributed by atoms with Crippen molar-refractivity contribution < 1.29 is 14.3 Å². The number of methoxy groups -OCH3 is 2. The zero-order valence-electron chi connectivity index (χ0n) is 24.3. The number of halogens is 1. The third-order valence-electron chi connectivity index (χ3n) is 9.37. The monoisotopic (exact) mass is 567 g/mol. The highest BCUT2D eigenvalue weighted by Crippen LogP contribution is 2.36. The fourth-order valence-corrected chi connectivity index (χ4v) is 7.22. The summed E-state index contributed by atoms with van der Waals surface area (Å²) in [6, 6.07) is 13.0. The van der Waals surface area contributed by atoms with E-state index in [1.54, 1.807) is 14.2 Å². The lowest BCUT2D eigenvalue weighted by Gasteiger charge is -2.45. The van der Waals surface area contributed by atoms with E-state index in [4.69, 9.17) is 21.1 Å². The van der Waals surface area contributed by atoms with Crippen molar-refractivity contribution in [3.63, 3.8) is 0 Å². The predicted molar refractivity (Wildman–Crippen MR) is 161 cm³/mol. The number of rotatable bonds is 10. The number of ether oxygens (including phenoxy) is 2. The van der Waals surface area contributed by atoms with Crippen molar-refractivity contribution in [1.29, 1.82) is 0 Å². The summed E-state index contributed by atoms with van der Waals surface area (Å²) in [4.78, 5) is 18.2. The smallest absolute Gasteiger partial charge is 0.220 e. The SMILES string of the molecule is COc1cc2c(cc1OC)CN([C@@H]1CCN(Cc3ccc(Cl)cc3)C[C@@H]1CCC(=O)NCC1CCCCC1)CC2. The average Bonchev–Trinajstić information content (AvgIpc) is 2.99. The summed E-state index contributed by atoms with van der Waals surface area (Å²) in [6.07, 6.45) is 10.2. The highest BCUT2D eigenvalue weighted by Gasteiger charge is 2.35. The summed E-state index contributed by atoms with van der Waals surface area (Å²) in [6.45, 7) is 5.81. The van der Waals surface area contributed by atoms with Crippen molar-refractivity contribution in [2.75, 3.05) is 40.4 Å². The maximum atomic E-state index is 12.9. The average molecular weight is 568 g/mol. The van der Waals surface area contributed by atoms with Crippen LogP contribution in [0.5, 0.6) is 11.5 Å². The molecular formula is C33H46ClN3O3. The van der Waals surface area contributed by atoms with Crippen molar-refractivity contribution in [1.82, 2.24) is 15.1 Å². The van der Waals surface area contributed by atoms with Gasteiger partial charge in [0.15, 0.2) is 11.5 Å². The third-order valence-corrected chi connectivity index (χ3v) is 9.62. The van der Waals surface area contributed by atoms with Gasteiger partial charge in [-0.3, -0.25) is 14.6 Å². The van der Waals surface area contributed by atoms with Gasteiger partial charge in [0.2, 0.25) is 5.91 Å². The van der Waals surface area contributed by atoms with Crippen LogP contribution in [0.4, 0.5) is 0 Å². The fourth-order valence-electron chi connectivity index (χ4n) is 7.09. The first-order valence-corrected chi connectivity index (χ1v) is 15.6. The Morgan fingerprint density at radius 1 is 0.975 bits per heavy atom. The first-order chi connectivity index (χ1) is 19.5. The topological polar surface area (TPSA) is 54.0 Å². The molecule has 1 saturated carbocycles. The molecule has 5 rings (SSSR count). The Kier molecular flexibility index (Phi) is 10.3. The minimum atomic E-state index is 0.222. The van der Waals surface area contributed by atoms with Gasteiger partial charge < -0.3 is 14.8 Å². The molecular weight excluding hydrogens is 522 g/mol. The van der Waals surface area contributed by atoms with Crippen LogP contribution in [-0.4, -0.2) is 62.1 Å². The van der Waals surface area contributed by atoms with Crippen LogP contribution in [0.3, 0.4) is 0 Å². The Hall–Kier alpha value is -2.28. The molecule has 7 heteroatoms. The summed E-state index contributed by atoms with van der Waals surface area (Å²) in [7, 11) is 3.41. The Balaban J connectivity index is 1.24. The van der Waals surface area contributed by atoms with Gasteiger partial charge in [0.05, 0.1) is 14.2 Å². The van der Waals surface area contributed by atoms with Gasteiger partial charge in [-0.15, -0.1) is 0 Å². The molecule has 1 aliphatic carbocycles. The number of benzene rings is 2. The van der Waals surface area contributed by atoms with Gasteiger partial charge in [0, 0.05) is 50.2 Å². The standard InChI is InChI=1S/C33H46ClN3O3/c1-39-31-18-26-14-17-37(23-28(26)19-32(31)40-2)30-15-16-36(21-25-8-11-29(34)12-9-25)22-27(30)10-13-33(38)35-20-24-6-4-3-5-7-24/h8-9,11-12,18-19,24,27,30H,3-7,10,13-17,20-23H2,1-2H3,(H,35,38)/t27-,30+/m0/s1. The predicted octanol–water partition coefficient (Wildman–Crippen LogP) is 6.08. The summed E-state index contributed by atoms with van der Waals surface area (Å²) >= 11 is 6.13. The summed E-state index contributed by atoms with van der Waals surface area (Å²) in [5, 5.41) is 4.05. The maximum Gasteiger partial charge on any atom is 0.220 e. The second kappa shape index (κ2) is 14.1. The van der Waals surface area contributed by atoms with Crippen molar-refractivity contribution in [2.45, 2.75) is 76.9 Å². The molecule has 2 aliphatic heterocycles. The van der Waals surface area contributed by atoms with Crippen molar-refractivity contribution in [2.24, 2.45) is 11.8 Å². The van der Waals surface area contributed by atoms with Gasteiger partial charge in [-0.1, -0.05) is 43.0 Å². The molecule has 3 aliphatic rings. The number of likely N-dealkylation sites (tertiary alicyclic amines) is 1. The minimum Gasteiger partial charge on any atom is -0.493 e. The van der Waals surface area contributed by atoms with Gasteiger partial charge in [-0.2, -0.15) is 0 Å². The maximum absolute atomic E-state index is 12.9. The van der Waals surface area contributed by atoms with Crippen LogP contribution in [0.25, 0.3) is 0 Å². The molecule has 0 spiro atoms. The molecule has 218 valence electrons. The lowest BCUT2D eigenvalue weighted by atomic mass is 9.85. The number of piperidine rings is 1. The van der Waals surface area contributed by atoms with E-state index in [2.05, 4.69) is 39.4 Å². The van der Waals surface area contributed by atoms with Crippen molar-refractivity contribution >= 4 is 17.5 Å². The van der Waals surface area contributed by atoms with Crippen molar-refractivity contribution in [3.05, 3.63) is 58.1 Å². The number of hydrogen-bond donors (Lipinski definition) is 1. The van der Waals surface area contributed by atoms with Crippen LogP contribution in [0.15, 0.2) is 36.4 Å². The van der Waals surface area contributed by atoms with Crippen LogP contribution in [0, 0.1) is 11.8 Å². The Morgan fingerprint density at radius 3 is 2.42 bits per heavy atom. The molecule has 0 radical (unpaired) electrons. The zero-order chi connectivity index (χ0) is 27.9. The van der Waals surface area contributed by atoms with E-state index < -0.39 is 0 Å². The molecule has 0 aromatic heterocycles. The van der Waals surface area contributed by atoms with E-state index in [0.29, 0.717) is 24.3 Å². The number of fused-ring (bicyclic) bond motifs is 1. The van der Waals surface area contributed by atoms with E-state index in [1.165, 1.54) is 48.8 Å². The second-order valence-corrected chi connectivity index (χ2v) is 12.5. The summed E-state index contributed by atoms with van der Waals surface area (Å²) in [5.41, 5.74) is 3.98. The lowest BCUT2D eigenvalue weighted by Crippen LogP contribution is -2.52. The summed E-state index contributed by atoms with van der Waals surface area (Å²) < 4.78 is 11.2. The van der Waals surface area contributed by atoms with Gasteiger partial charge in [-0.25, -0.2) is 0 Å². The van der Waals surface area contributed by atoms with Crippen LogP contribution < -0.4 is 14.8 Å². The molecule has 2 aromatic rings. The fraction of sp³-hybridized carbons (Fsp3) is 0.606. The highest BCUT2D eigenvalue weighted by atomic mass is 35.5. The third kappa shape index (κ3) is 7.51. The molecule has 2 heterocycles. The van der Waals surface area contributed by atoms with Gasteiger partial charge in [0.1, 0.15) is 0 Å². The molecule has 1 N–H and O–H groups in total. The number of nitrogens with zero attached hydrogens (tertiary/aromatic N) is 2. The molecule has 0 bridgehead atoms. The number of carbonyl (C=O) groups is 1. The molecule has 2 aromatic carbocycles. The van der Waals surface area contributed by atoms with E-state index in [9.17, 15) is 4.79 Å². The van der Waals surface area contributed by atoms with Crippen LogP contribution in [0.1, 0.15) is 68.1 Å². The molecule has 2 atom stereocenters. The number of nitrogens with one attached hydrogen (secondary N) is 1. The molecule has 1 saturated heterocycles. The van der Waals surface area contributed by atoms with E-state index in [1.807, 2.05) is 12.1 Å². The summed E-state index contributed by atoms with van der Waals surface area (Å²) in [5.74, 6) is 2.94. The number of carbonyl (C=O) groups excluding carboxylic acids is 1. The molecule has 0 unspecified atom stereocenters. The van der Waals surface area contributed by atoms with E-state index in [-0.39, 0.29) is 5.91 Å². The number of amides is 1. The van der Waals surface area contributed by atoms with Crippen molar-refractivity contribution in [3.8, 4) is 11.5 Å². The van der Waals surface area contributed by atoms with E-state index >= 15 is 0 Å². The Morgan fingerprint density at radius 2 is 1.70 bits per heavy atom. The first-order valence-electron chi connectivity index (χ1n) is 15.2. The molecule has 6 nitrogen and oxygen atoms in total. The van der Waals surface area contributed by atoms with Crippen LogP contribution >= 0.6 is 11.6 Å².